The maximum Gasteiger partial charge on any atom is 0.126 e. The van der Waals surface area contributed by atoms with Crippen LogP contribution in [0.25, 0.3) is 0 Å². The number of quaternary nitrogens is 1. The minimum absolute atomic E-state index is 0.337. The van der Waals surface area contributed by atoms with E-state index in [-0.39, 0.29) is 0 Å². The number of nitrogens with one attached hydrogen (secondary N) is 1. The molecule has 0 aliphatic heterocycles. The molecule has 2 N–H and O–H groups in total. The average molecular weight is 361 g/mol. The van der Waals surface area contributed by atoms with E-state index in [0.29, 0.717) is 29.8 Å². The number of aliphatic hydroxyl groups is 1. The van der Waals surface area contributed by atoms with E-state index in [2.05, 4.69) is 0 Å². The molecular weight excluding hydrogens is 341 g/mol. The molecule has 120 valence electrons. The lowest BCUT2D eigenvalue weighted by Gasteiger charge is -2.18. The number of ether oxygens (including phenoxy) is 1. The maximum absolute atomic E-state index is 10.0. The summed E-state index contributed by atoms with van der Waals surface area (Å²) in [6.07, 6.45) is -0.494. The largest absolute Gasteiger partial charge is 0.385 e. The quantitative estimate of drug-likeness (QED) is 0.758. The molecule has 0 bridgehead atoms. The fourth-order valence-corrected chi connectivity index (χ4v) is 3.33. The Bertz CT molecular complexity index is 578. The summed E-state index contributed by atoms with van der Waals surface area (Å²) >= 11 is 13.7. The molecule has 0 saturated heterocycles. The van der Waals surface area contributed by atoms with Crippen molar-refractivity contribution in [2.45, 2.75) is 19.3 Å². The van der Waals surface area contributed by atoms with Crippen molar-refractivity contribution in [1.29, 1.82) is 0 Å². The fraction of sp³-hybridized carbons (Fsp3) is 0.375. The van der Waals surface area contributed by atoms with Crippen LogP contribution in [0.4, 0.5) is 0 Å². The number of thiophene rings is 1. The van der Waals surface area contributed by atoms with Gasteiger partial charge in [0.05, 0.1) is 25.3 Å². The van der Waals surface area contributed by atoms with Crippen molar-refractivity contribution >= 4 is 34.5 Å². The first-order chi connectivity index (χ1) is 10.5. The van der Waals surface area contributed by atoms with Gasteiger partial charge in [-0.05, 0) is 23.6 Å². The molecule has 1 aromatic carbocycles. The number of halogens is 2. The van der Waals surface area contributed by atoms with Crippen LogP contribution >= 0.6 is 34.5 Å². The molecule has 3 nitrogen and oxygen atoms in total. The van der Waals surface area contributed by atoms with Crippen LogP contribution in [0.15, 0.2) is 35.7 Å². The number of rotatable bonds is 8. The molecule has 1 heterocycles. The predicted molar refractivity (Wildman–Crippen MR) is 91.9 cm³/mol. The van der Waals surface area contributed by atoms with E-state index in [1.54, 1.807) is 17.4 Å². The van der Waals surface area contributed by atoms with Crippen LogP contribution in [-0.4, -0.2) is 31.4 Å². The van der Waals surface area contributed by atoms with E-state index in [9.17, 15) is 5.11 Å². The van der Waals surface area contributed by atoms with Crippen molar-refractivity contribution in [1.82, 2.24) is 0 Å². The van der Waals surface area contributed by atoms with Crippen LogP contribution in [0.5, 0.6) is 0 Å². The first kappa shape index (κ1) is 17.7. The molecule has 0 radical (unpaired) electrons. The van der Waals surface area contributed by atoms with E-state index in [1.807, 2.05) is 36.7 Å². The van der Waals surface area contributed by atoms with E-state index in [4.69, 9.17) is 27.9 Å². The molecule has 6 heteroatoms. The Kier molecular flexibility index (Phi) is 7.15. The summed E-state index contributed by atoms with van der Waals surface area (Å²) in [7, 11) is 2.02. The number of likely N-dealkylation sites (N-methyl/N-ethyl adjacent to an activating group) is 1. The van der Waals surface area contributed by atoms with Gasteiger partial charge < -0.3 is 14.7 Å². The van der Waals surface area contributed by atoms with Gasteiger partial charge in [-0.1, -0.05) is 35.3 Å². The summed E-state index contributed by atoms with van der Waals surface area (Å²) in [5.41, 5.74) is 1.02. The third-order valence-electron chi connectivity index (χ3n) is 3.23. The minimum atomic E-state index is -0.494. The number of hydrogen-bond donors (Lipinski definition) is 2. The van der Waals surface area contributed by atoms with Crippen LogP contribution in [-0.2, 0) is 17.9 Å². The zero-order valence-corrected chi connectivity index (χ0v) is 14.7. The molecule has 2 rings (SSSR count). The van der Waals surface area contributed by atoms with Crippen LogP contribution in [0.3, 0.4) is 0 Å². The van der Waals surface area contributed by atoms with E-state index >= 15 is 0 Å². The van der Waals surface area contributed by atoms with Gasteiger partial charge in [0.25, 0.3) is 0 Å². The molecule has 0 aliphatic rings. The molecule has 2 aromatic rings. The summed E-state index contributed by atoms with van der Waals surface area (Å²) in [6.45, 7) is 2.22. The fourth-order valence-electron chi connectivity index (χ4n) is 2.21. The van der Waals surface area contributed by atoms with Gasteiger partial charge in [-0.3, -0.25) is 0 Å². The molecule has 2 atom stereocenters. The van der Waals surface area contributed by atoms with Crippen molar-refractivity contribution in [3.63, 3.8) is 0 Å². The normalized spacial score (nSPS) is 14.0. The summed E-state index contributed by atoms with van der Waals surface area (Å²) in [5.74, 6) is 0. The second kappa shape index (κ2) is 8.87. The summed E-state index contributed by atoms with van der Waals surface area (Å²) < 4.78 is 5.53. The number of hydrogen-bond acceptors (Lipinski definition) is 3. The van der Waals surface area contributed by atoms with Crippen molar-refractivity contribution < 1.29 is 14.7 Å². The minimum Gasteiger partial charge on any atom is -0.385 e. The first-order valence-electron chi connectivity index (χ1n) is 7.08. The number of aliphatic hydroxyl groups excluding tert-OH is 1. The van der Waals surface area contributed by atoms with Gasteiger partial charge in [-0.25, -0.2) is 0 Å². The molecule has 1 aromatic heterocycles. The first-order valence-corrected chi connectivity index (χ1v) is 8.71. The number of benzene rings is 1. The average Bonchev–Trinajstić information content (AvgIpc) is 2.95. The zero-order chi connectivity index (χ0) is 15.9. The van der Waals surface area contributed by atoms with E-state index in [0.717, 1.165) is 17.0 Å². The molecule has 0 spiro atoms. The summed E-state index contributed by atoms with van der Waals surface area (Å²) in [4.78, 5) is 2.33. The highest BCUT2D eigenvalue weighted by molar-refractivity contribution is 7.09. The molecule has 0 fully saturated rings. The monoisotopic (exact) mass is 360 g/mol. The lowest BCUT2D eigenvalue weighted by atomic mass is 10.2. The van der Waals surface area contributed by atoms with Gasteiger partial charge >= 0.3 is 0 Å². The highest BCUT2D eigenvalue weighted by Crippen LogP contribution is 2.20. The van der Waals surface area contributed by atoms with Crippen molar-refractivity contribution in [2.75, 3.05) is 20.2 Å². The summed E-state index contributed by atoms with van der Waals surface area (Å²) in [5, 5.41) is 13.4. The van der Waals surface area contributed by atoms with Gasteiger partial charge in [0, 0.05) is 15.5 Å². The molecule has 0 amide bonds. The van der Waals surface area contributed by atoms with E-state index < -0.39 is 6.10 Å². The van der Waals surface area contributed by atoms with Crippen LogP contribution < -0.4 is 4.90 Å². The Morgan fingerprint density at radius 1 is 1.32 bits per heavy atom. The van der Waals surface area contributed by atoms with Gasteiger partial charge in [0.15, 0.2) is 0 Å². The van der Waals surface area contributed by atoms with Gasteiger partial charge in [-0.2, -0.15) is 0 Å². The molecule has 1 unspecified atom stereocenters. The van der Waals surface area contributed by atoms with Crippen LogP contribution in [0.2, 0.25) is 10.0 Å². The van der Waals surface area contributed by atoms with Gasteiger partial charge in [0.2, 0.25) is 0 Å². The lowest BCUT2D eigenvalue weighted by molar-refractivity contribution is -0.897. The Balaban J connectivity index is 1.72. The lowest BCUT2D eigenvalue weighted by Crippen LogP contribution is -3.09. The second-order valence-electron chi connectivity index (χ2n) is 5.32. The third-order valence-corrected chi connectivity index (χ3v) is 4.66. The molecular formula is C16H20Cl2NO2S+. The Labute approximate surface area is 145 Å². The van der Waals surface area contributed by atoms with Crippen LogP contribution in [0.1, 0.15) is 10.4 Å². The molecule has 22 heavy (non-hydrogen) atoms. The van der Waals surface area contributed by atoms with Crippen LogP contribution in [0, 0.1) is 0 Å². The summed E-state index contributed by atoms with van der Waals surface area (Å²) in [6, 6.07) is 9.52. The highest BCUT2D eigenvalue weighted by Gasteiger charge is 2.14. The van der Waals surface area contributed by atoms with Crippen molar-refractivity contribution in [2.24, 2.45) is 0 Å². The molecule has 0 saturated carbocycles. The highest BCUT2D eigenvalue weighted by atomic mass is 35.5. The van der Waals surface area contributed by atoms with Gasteiger partial charge in [-0.15, -0.1) is 11.3 Å². The maximum atomic E-state index is 10.0. The standard InChI is InChI=1S/C16H19Cl2NO2S/c1-19(8-12-4-5-13(17)7-16(12)18)9-14(20)10-21-11-15-3-2-6-22-15/h2-7,14,20H,8-11H2,1H3/p+1/t14-/m1/s1. The smallest absolute Gasteiger partial charge is 0.126 e. The predicted octanol–water partition coefficient (Wildman–Crippen LogP) is 2.65. The van der Waals surface area contributed by atoms with Crippen molar-refractivity contribution in [3.8, 4) is 0 Å². The Hall–Kier alpha value is -0.620. The van der Waals surface area contributed by atoms with Gasteiger partial charge in [0.1, 0.15) is 19.2 Å². The third kappa shape index (κ3) is 5.88. The topological polar surface area (TPSA) is 33.9 Å². The Morgan fingerprint density at radius 3 is 2.82 bits per heavy atom. The SMILES string of the molecule is C[NH+](Cc1ccc(Cl)cc1Cl)C[C@@H](O)COCc1cccs1. The Morgan fingerprint density at radius 2 is 2.14 bits per heavy atom. The zero-order valence-electron chi connectivity index (χ0n) is 12.4. The van der Waals surface area contributed by atoms with Crippen molar-refractivity contribution in [3.05, 3.63) is 56.2 Å². The second-order valence-corrected chi connectivity index (χ2v) is 7.20. The molecule has 0 aliphatic carbocycles. The van der Waals surface area contributed by atoms with E-state index in [1.165, 1.54) is 4.88 Å².